The topological polar surface area (TPSA) is 88.5 Å². The van der Waals surface area contributed by atoms with Gasteiger partial charge in [0.05, 0.1) is 16.9 Å². The normalized spacial score (nSPS) is 22.5. The number of aryl methyl sites for hydroxylation is 2. The SMILES string of the molecule is Cc1ccc2c(c1)[C@]1(C[C@H]1c1ccc3c(c1)CN=C3Nc1ncc(S(C)(=O)=O)cc1C)C(=O)C2. The average Bonchev–Trinajstić information content (AvgIpc) is 3.34. The van der Waals surface area contributed by atoms with Gasteiger partial charge in [0.15, 0.2) is 9.84 Å². The Morgan fingerprint density at radius 1 is 1.06 bits per heavy atom. The van der Waals surface area contributed by atoms with Gasteiger partial charge in [-0.1, -0.05) is 42.0 Å². The fourth-order valence-electron chi connectivity index (χ4n) is 5.56. The van der Waals surface area contributed by atoms with Crippen molar-refractivity contribution in [1.29, 1.82) is 0 Å². The molecule has 0 saturated heterocycles. The van der Waals surface area contributed by atoms with E-state index in [4.69, 9.17) is 0 Å². The Hall–Kier alpha value is -3.32. The van der Waals surface area contributed by atoms with Crippen LogP contribution in [0.5, 0.6) is 0 Å². The Labute approximate surface area is 199 Å². The van der Waals surface area contributed by atoms with Crippen molar-refractivity contribution >= 4 is 27.3 Å². The van der Waals surface area contributed by atoms with Gasteiger partial charge in [0.2, 0.25) is 0 Å². The van der Waals surface area contributed by atoms with Crippen molar-refractivity contribution in [2.75, 3.05) is 11.6 Å². The van der Waals surface area contributed by atoms with E-state index < -0.39 is 9.84 Å². The highest BCUT2D eigenvalue weighted by atomic mass is 32.2. The molecule has 34 heavy (non-hydrogen) atoms. The summed E-state index contributed by atoms with van der Waals surface area (Å²) in [5.74, 6) is 1.88. The van der Waals surface area contributed by atoms with Crippen molar-refractivity contribution in [1.82, 2.24) is 4.98 Å². The molecular formula is C27H25N3O3S. The van der Waals surface area contributed by atoms with Crippen LogP contribution >= 0.6 is 0 Å². The van der Waals surface area contributed by atoms with Crippen molar-refractivity contribution in [3.63, 3.8) is 0 Å². The van der Waals surface area contributed by atoms with Gasteiger partial charge in [-0.2, -0.15) is 0 Å². The number of carbonyl (C=O) groups excluding carboxylic acids is 1. The molecule has 6 rings (SSSR count). The lowest BCUT2D eigenvalue weighted by Gasteiger charge is -2.13. The zero-order chi connectivity index (χ0) is 23.8. The predicted octanol–water partition coefficient (Wildman–Crippen LogP) is 4.02. The van der Waals surface area contributed by atoms with Crippen LogP contribution in [0.2, 0.25) is 0 Å². The molecule has 1 aromatic heterocycles. The number of nitrogens with zero attached hydrogens (tertiary/aromatic N) is 2. The number of hydrogen-bond donors (Lipinski definition) is 1. The number of benzene rings is 2. The first-order valence-electron chi connectivity index (χ1n) is 11.4. The van der Waals surface area contributed by atoms with Crippen LogP contribution in [-0.4, -0.2) is 31.3 Å². The monoisotopic (exact) mass is 471 g/mol. The van der Waals surface area contributed by atoms with Crippen LogP contribution in [0.3, 0.4) is 0 Å². The zero-order valence-electron chi connectivity index (χ0n) is 19.3. The number of sulfone groups is 1. The van der Waals surface area contributed by atoms with E-state index in [0.29, 0.717) is 24.6 Å². The van der Waals surface area contributed by atoms with Crippen molar-refractivity contribution < 1.29 is 13.2 Å². The van der Waals surface area contributed by atoms with Crippen LogP contribution in [0.1, 0.15) is 51.3 Å². The second-order valence-corrected chi connectivity index (χ2v) is 11.8. The van der Waals surface area contributed by atoms with Gasteiger partial charge in [-0.25, -0.2) is 13.4 Å². The van der Waals surface area contributed by atoms with Crippen LogP contribution < -0.4 is 5.32 Å². The summed E-state index contributed by atoms with van der Waals surface area (Å²) in [6, 6.07) is 14.4. The van der Waals surface area contributed by atoms with Crippen LogP contribution in [0, 0.1) is 13.8 Å². The van der Waals surface area contributed by atoms with Crippen LogP contribution in [-0.2, 0) is 33.0 Å². The number of pyridine rings is 1. The fourth-order valence-corrected chi connectivity index (χ4v) is 6.19. The summed E-state index contributed by atoms with van der Waals surface area (Å²) in [4.78, 5) is 22.2. The van der Waals surface area contributed by atoms with E-state index in [1.807, 2.05) is 6.92 Å². The molecule has 0 radical (unpaired) electrons. The Kier molecular flexibility index (Phi) is 4.43. The maximum Gasteiger partial charge on any atom is 0.177 e. The molecule has 2 heterocycles. The third-order valence-corrected chi connectivity index (χ3v) is 8.55. The Morgan fingerprint density at radius 3 is 2.65 bits per heavy atom. The highest BCUT2D eigenvalue weighted by Crippen LogP contribution is 2.64. The van der Waals surface area contributed by atoms with E-state index in [9.17, 15) is 13.2 Å². The van der Waals surface area contributed by atoms with Gasteiger partial charge in [-0.3, -0.25) is 9.79 Å². The minimum atomic E-state index is -3.30. The van der Waals surface area contributed by atoms with Crippen LogP contribution in [0.15, 0.2) is 58.5 Å². The Balaban J connectivity index is 1.26. The second kappa shape index (κ2) is 7.09. The van der Waals surface area contributed by atoms with E-state index in [2.05, 4.69) is 58.6 Å². The van der Waals surface area contributed by atoms with E-state index in [1.165, 1.54) is 34.7 Å². The maximum absolute atomic E-state index is 13.0. The van der Waals surface area contributed by atoms with Crippen LogP contribution in [0.25, 0.3) is 0 Å². The summed E-state index contributed by atoms with van der Waals surface area (Å²) in [6.45, 7) is 4.48. The largest absolute Gasteiger partial charge is 0.325 e. The van der Waals surface area contributed by atoms with E-state index >= 15 is 0 Å². The molecule has 0 bridgehead atoms. The third kappa shape index (κ3) is 3.14. The average molecular weight is 472 g/mol. The number of ketones is 1. The van der Waals surface area contributed by atoms with Gasteiger partial charge in [0, 0.05) is 30.4 Å². The second-order valence-electron chi connectivity index (χ2n) is 9.80. The number of aromatic nitrogens is 1. The minimum absolute atomic E-state index is 0.200. The number of fused-ring (bicyclic) bond motifs is 3. The van der Waals surface area contributed by atoms with Crippen molar-refractivity contribution in [3.8, 4) is 0 Å². The standard InChI is InChI=1S/C27H25N3O3S/c1-15-4-5-18-11-24(31)27(22(18)8-15)12-23(27)17-6-7-21-19(10-17)13-28-26(21)30-25-16(2)9-20(14-29-25)34(3,32)33/h4-10,14,23H,11-13H2,1-3H3,(H,28,29,30)/t23-,27-/m0/s1. The van der Waals surface area contributed by atoms with Crippen molar-refractivity contribution in [3.05, 3.63) is 87.6 Å². The molecule has 0 unspecified atom stereocenters. The van der Waals surface area contributed by atoms with Gasteiger partial charge in [0.25, 0.3) is 0 Å². The molecule has 1 N–H and O–H groups in total. The number of Topliss-reactive ketones (excluding diaryl/α,β-unsaturated/α-hetero) is 1. The van der Waals surface area contributed by atoms with Crippen molar-refractivity contribution in [2.24, 2.45) is 4.99 Å². The highest BCUT2D eigenvalue weighted by molar-refractivity contribution is 7.90. The lowest BCUT2D eigenvalue weighted by Crippen LogP contribution is -2.17. The molecule has 3 aromatic rings. The van der Waals surface area contributed by atoms with Gasteiger partial charge in [-0.15, -0.1) is 0 Å². The number of aliphatic imine (C=N–C) groups is 1. The molecule has 2 atom stereocenters. The zero-order valence-corrected chi connectivity index (χ0v) is 20.2. The van der Waals surface area contributed by atoms with E-state index in [1.54, 1.807) is 6.07 Å². The quantitative estimate of drug-likeness (QED) is 0.623. The molecule has 172 valence electrons. The third-order valence-electron chi connectivity index (χ3n) is 7.47. The fraction of sp³-hybridized carbons (Fsp3) is 0.296. The predicted molar refractivity (Wildman–Crippen MR) is 131 cm³/mol. The van der Waals surface area contributed by atoms with Gasteiger partial charge < -0.3 is 5.32 Å². The molecule has 6 nitrogen and oxygen atoms in total. The van der Waals surface area contributed by atoms with Gasteiger partial charge in [0.1, 0.15) is 17.4 Å². The summed E-state index contributed by atoms with van der Waals surface area (Å²) in [5, 5.41) is 3.27. The molecule has 2 aromatic carbocycles. The molecule has 7 heteroatoms. The number of carbonyl (C=O) groups is 1. The lowest BCUT2D eigenvalue weighted by molar-refractivity contribution is -0.120. The molecule has 1 fully saturated rings. The molecule has 1 spiro atoms. The molecule has 3 aliphatic rings. The molecule has 0 amide bonds. The van der Waals surface area contributed by atoms with Gasteiger partial charge >= 0.3 is 0 Å². The molecule has 1 saturated carbocycles. The summed E-state index contributed by atoms with van der Waals surface area (Å²) in [5.41, 5.74) is 7.33. The molecular weight excluding hydrogens is 446 g/mol. The van der Waals surface area contributed by atoms with Gasteiger partial charge in [-0.05, 0) is 54.2 Å². The summed E-state index contributed by atoms with van der Waals surface area (Å²) in [6.07, 6.45) is 3.96. The first kappa shape index (κ1) is 21.2. The number of amidine groups is 1. The Morgan fingerprint density at radius 2 is 1.88 bits per heavy atom. The number of rotatable bonds is 3. The van der Waals surface area contributed by atoms with Crippen LogP contribution in [0.4, 0.5) is 5.82 Å². The summed E-state index contributed by atoms with van der Waals surface area (Å²) >= 11 is 0. The summed E-state index contributed by atoms with van der Waals surface area (Å²) < 4.78 is 23.6. The van der Waals surface area contributed by atoms with E-state index in [0.717, 1.165) is 28.9 Å². The maximum atomic E-state index is 13.0. The first-order chi connectivity index (χ1) is 16.2. The Bertz CT molecular complexity index is 1540. The number of anilines is 1. The first-order valence-corrected chi connectivity index (χ1v) is 13.3. The summed E-state index contributed by atoms with van der Waals surface area (Å²) in [7, 11) is -3.30. The minimum Gasteiger partial charge on any atom is -0.325 e. The highest BCUT2D eigenvalue weighted by Gasteiger charge is 2.64. The van der Waals surface area contributed by atoms with Crippen molar-refractivity contribution in [2.45, 2.75) is 49.5 Å². The smallest absolute Gasteiger partial charge is 0.177 e. The number of nitrogens with one attached hydrogen (secondary N) is 1. The molecule has 2 aliphatic carbocycles. The van der Waals surface area contributed by atoms with E-state index in [-0.39, 0.29) is 16.2 Å². The lowest BCUT2D eigenvalue weighted by atomic mass is 9.90. The number of hydrogen-bond acceptors (Lipinski definition) is 6. The molecule has 1 aliphatic heterocycles.